The molecule has 8 heavy (non-hydrogen) atoms. The highest BCUT2D eigenvalue weighted by Crippen LogP contribution is 1.76. The van der Waals surface area contributed by atoms with Gasteiger partial charge in [-0.3, -0.25) is 0 Å². The quantitative estimate of drug-likeness (QED) is 0.338. The largest absolute Gasteiger partial charge is 0.507 e. The molecule has 0 aliphatic carbocycles. The van der Waals surface area contributed by atoms with E-state index >= 15 is 0 Å². The normalized spacial score (nSPS) is 8.62. The van der Waals surface area contributed by atoms with Crippen LogP contribution in [0.1, 0.15) is 6.92 Å². The van der Waals surface area contributed by atoms with Crippen molar-refractivity contribution < 1.29 is 19.4 Å². The number of rotatable bonds is 3. The zero-order valence-corrected chi connectivity index (χ0v) is 4.59. The number of carbonyl (C=O) groups is 1. The molecule has 0 atom stereocenters. The van der Waals surface area contributed by atoms with Gasteiger partial charge in [-0.2, -0.15) is 0 Å². The molecule has 0 aliphatic rings. The van der Waals surface area contributed by atoms with E-state index in [4.69, 9.17) is 5.11 Å². The van der Waals surface area contributed by atoms with Crippen LogP contribution in [0.4, 0.5) is 4.79 Å². The summed E-state index contributed by atoms with van der Waals surface area (Å²) >= 11 is 0. The van der Waals surface area contributed by atoms with Crippen LogP contribution in [0.5, 0.6) is 0 Å². The van der Waals surface area contributed by atoms with Crippen molar-refractivity contribution in [3.05, 3.63) is 0 Å². The predicted molar refractivity (Wildman–Crippen MR) is 25.6 cm³/mol. The van der Waals surface area contributed by atoms with Crippen LogP contribution in [0, 0.1) is 0 Å². The molecule has 0 unspecified atom stereocenters. The van der Waals surface area contributed by atoms with Gasteiger partial charge < -0.3 is 14.6 Å². The van der Waals surface area contributed by atoms with E-state index in [2.05, 4.69) is 9.47 Å². The third-order valence-electron chi connectivity index (χ3n) is 0.470. The molecule has 0 saturated heterocycles. The van der Waals surface area contributed by atoms with Crippen molar-refractivity contribution in [1.29, 1.82) is 0 Å². The molecule has 0 rings (SSSR count). The van der Waals surface area contributed by atoms with Crippen molar-refractivity contribution in [1.82, 2.24) is 0 Å². The van der Waals surface area contributed by atoms with E-state index in [1.807, 2.05) is 0 Å². The predicted octanol–water partition coefficient (Wildman–Crippen LogP) is 0.675. The summed E-state index contributed by atoms with van der Waals surface area (Å²) < 4.78 is 8.52. The molecule has 0 bridgehead atoms. The average Bonchev–Trinajstić information content (AvgIpc) is 1.66. The fourth-order valence-electron chi connectivity index (χ4n) is 0.175. The van der Waals surface area contributed by atoms with Crippen LogP contribution in [0.25, 0.3) is 0 Å². The Balaban J connectivity index is 2.82. The fourth-order valence-corrected chi connectivity index (χ4v) is 0.175. The second-order valence-electron chi connectivity index (χ2n) is 1.02. The van der Waals surface area contributed by atoms with Crippen LogP contribution < -0.4 is 0 Å². The Morgan fingerprint density at radius 2 is 2.38 bits per heavy atom. The first-order valence-corrected chi connectivity index (χ1v) is 2.20. The van der Waals surface area contributed by atoms with Gasteiger partial charge in [0.25, 0.3) is 0 Å². The molecule has 1 N–H and O–H groups in total. The Kier molecular flexibility index (Phi) is 3.97. The summed E-state index contributed by atoms with van der Waals surface area (Å²) in [6, 6.07) is 0. The van der Waals surface area contributed by atoms with E-state index in [0.717, 1.165) is 0 Å². The second kappa shape index (κ2) is 4.39. The molecule has 0 heterocycles. The summed E-state index contributed by atoms with van der Waals surface area (Å²) in [7, 11) is 0. The van der Waals surface area contributed by atoms with Gasteiger partial charge in [-0.15, -0.1) is 0 Å². The molecule has 4 heteroatoms. The summed E-state index contributed by atoms with van der Waals surface area (Å²) in [4.78, 5) is 9.57. The molecule has 0 aliphatic heterocycles. The molecule has 0 aromatic carbocycles. The zero-order chi connectivity index (χ0) is 6.41. The average molecular weight is 120 g/mol. The Bertz CT molecular complexity index is 70.4. The van der Waals surface area contributed by atoms with Crippen molar-refractivity contribution in [2.45, 2.75) is 6.92 Å². The van der Waals surface area contributed by atoms with Gasteiger partial charge in [-0.1, -0.05) is 0 Å². The van der Waals surface area contributed by atoms with Crippen molar-refractivity contribution in [3.8, 4) is 0 Å². The van der Waals surface area contributed by atoms with Crippen molar-refractivity contribution >= 4 is 6.16 Å². The van der Waals surface area contributed by atoms with Crippen LogP contribution >= 0.6 is 0 Å². The van der Waals surface area contributed by atoms with Gasteiger partial charge in [0.2, 0.25) is 0 Å². The molecule has 0 aromatic heterocycles. The maximum absolute atomic E-state index is 9.57. The summed E-state index contributed by atoms with van der Waals surface area (Å²) in [5.74, 6) is 0. The standard InChI is InChI=1S/C4H8O4/c1-2-7-3-8-4(5)6/h2-3H2,1H3,(H,5,6). The van der Waals surface area contributed by atoms with Gasteiger partial charge in [0.05, 0.1) is 0 Å². The molecule has 0 amide bonds. The Hall–Kier alpha value is -0.770. The van der Waals surface area contributed by atoms with E-state index in [1.54, 1.807) is 6.92 Å². The smallest absolute Gasteiger partial charge is 0.450 e. The molecule has 48 valence electrons. The summed E-state index contributed by atoms with van der Waals surface area (Å²) in [6.45, 7) is 2.05. The fraction of sp³-hybridized carbons (Fsp3) is 0.750. The van der Waals surface area contributed by atoms with Crippen molar-refractivity contribution in [3.63, 3.8) is 0 Å². The lowest BCUT2D eigenvalue weighted by atomic mass is 10.9. The molecule has 0 radical (unpaired) electrons. The maximum atomic E-state index is 9.57. The van der Waals surface area contributed by atoms with Crippen LogP contribution in [-0.4, -0.2) is 24.7 Å². The molecular formula is C4H8O4. The lowest BCUT2D eigenvalue weighted by Gasteiger charge is -1.96. The number of hydrogen-bond donors (Lipinski definition) is 1. The third-order valence-corrected chi connectivity index (χ3v) is 0.470. The molecular weight excluding hydrogens is 112 g/mol. The lowest BCUT2D eigenvalue weighted by molar-refractivity contribution is -0.0291. The minimum Gasteiger partial charge on any atom is -0.450 e. The van der Waals surface area contributed by atoms with Crippen molar-refractivity contribution in [2.24, 2.45) is 0 Å². The second-order valence-corrected chi connectivity index (χ2v) is 1.02. The maximum Gasteiger partial charge on any atom is 0.507 e. The van der Waals surface area contributed by atoms with E-state index in [9.17, 15) is 4.79 Å². The molecule has 0 aromatic rings. The van der Waals surface area contributed by atoms with E-state index in [-0.39, 0.29) is 6.79 Å². The molecule has 0 fully saturated rings. The third kappa shape index (κ3) is 5.23. The minimum absolute atomic E-state index is 0.175. The Morgan fingerprint density at radius 3 is 2.75 bits per heavy atom. The van der Waals surface area contributed by atoms with Gasteiger partial charge in [-0.25, -0.2) is 4.79 Å². The molecule has 4 nitrogen and oxygen atoms in total. The summed E-state index contributed by atoms with van der Waals surface area (Å²) in [6.07, 6.45) is -1.31. The van der Waals surface area contributed by atoms with Gasteiger partial charge >= 0.3 is 6.16 Å². The minimum atomic E-state index is -1.31. The van der Waals surface area contributed by atoms with Gasteiger partial charge in [0.1, 0.15) is 0 Å². The number of carboxylic acid groups (broad SMARTS) is 1. The van der Waals surface area contributed by atoms with E-state index < -0.39 is 6.16 Å². The Morgan fingerprint density at radius 1 is 1.75 bits per heavy atom. The van der Waals surface area contributed by atoms with Crippen LogP contribution in [0.3, 0.4) is 0 Å². The van der Waals surface area contributed by atoms with Crippen molar-refractivity contribution in [2.75, 3.05) is 13.4 Å². The topological polar surface area (TPSA) is 55.8 Å². The van der Waals surface area contributed by atoms with E-state index in [0.29, 0.717) is 6.61 Å². The first-order chi connectivity index (χ1) is 3.77. The Labute approximate surface area is 47.0 Å². The first kappa shape index (κ1) is 7.23. The first-order valence-electron chi connectivity index (χ1n) is 2.20. The number of hydrogen-bond acceptors (Lipinski definition) is 3. The van der Waals surface area contributed by atoms with Crippen LogP contribution in [0.2, 0.25) is 0 Å². The van der Waals surface area contributed by atoms with Crippen LogP contribution in [0.15, 0.2) is 0 Å². The SMILES string of the molecule is CCOCOC(=O)O. The summed E-state index contributed by atoms with van der Waals surface area (Å²) in [5, 5.41) is 7.84. The molecule has 0 spiro atoms. The van der Waals surface area contributed by atoms with E-state index in [1.165, 1.54) is 0 Å². The highest BCUT2D eigenvalue weighted by Gasteiger charge is 1.91. The highest BCUT2D eigenvalue weighted by molar-refractivity contribution is 5.56. The van der Waals surface area contributed by atoms with Gasteiger partial charge in [0.15, 0.2) is 6.79 Å². The van der Waals surface area contributed by atoms with Gasteiger partial charge in [-0.05, 0) is 6.92 Å². The monoisotopic (exact) mass is 120 g/mol. The van der Waals surface area contributed by atoms with Gasteiger partial charge in [0, 0.05) is 6.61 Å². The number of ether oxygens (including phenoxy) is 2. The lowest BCUT2D eigenvalue weighted by Crippen LogP contribution is -2.04. The summed E-state index contributed by atoms with van der Waals surface area (Å²) in [5.41, 5.74) is 0. The van der Waals surface area contributed by atoms with Crippen LogP contribution in [-0.2, 0) is 9.47 Å². The molecule has 0 saturated carbocycles. The highest BCUT2D eigenvalue weighted by atomic mass is 16.7. The zero-order valence-electron chi connectivity index (χ0n) is 4.59.